The molecule has 0 bridgehead atoms. The molecule has 3 rings (SSSR count). The molecule has 0 unspecified atom stereocenters. The van der Waals surface area contributed by atoms with Crippen LogP contribution >= 0.6 is 0 Å². The second-order valence-electron chi connectivity index (χ2n) is 4.56. The number of nitrogens with zero attached hydrogens (tertiary/aromatic N) is 3. The molecule has 1 aliphatic heterocycles. The third-order valence-corrected chi connectivity index (χ3v) is 3.33. The number of aromatic nitrogens is 2. The summed E-state index contributed by atoms with van der Waals surface area (Å²) in [7, 11) is 0. The highest BCUT2D eigenvalue weighted by atomic mass is 16.3. The van der Waals surface area contributed by atoms with Crippen LogP contribution in [0.15, 0.2) is 24.4 Å². The number of hydrogen-bond donors (Lipinski definition) is 2. The summed E-state index contributed by atoms with van der Waals surface area (Å²) in [6.45, 7) is 4.23. The monoisotopic (exact) mass is 246 g/mol. The number of fused-ring (bicyclic) bond motifs is 1. The number of anilines is 1. The van der Waals surface area contributed by atoms with Crippen LogP contribution in [0.25, 0.3) is 5.65 Å². The number of aliphatic hydroxyl groups excluding tert-OH is 1. The van der Waals surface area contributed by atoms with Gasteiger partial charge in [-0.25, -0.2) is 4.98 Å². The zero-order valence-corrected chi connectivity index (χ0v) is 10.3. The summed E-state index contributed by atoms with van der Waals surface area (Å²) in [5.74, 6) is 1.19. The lowest BCUT2D eigenvalue weighted by molar-refractivity contribution is 0.298. The maximum atomic E-state index is 8.99. The minimum absolute atomic E-state index is 0.146. The summed E-state index contributed by atoms with van der Waals surface area (Å²) < 4.78 is 2.12. The van der Waals surface area contributed by atoms with Gasteiger partial charge in [0.25, 0.3) is 0 Å². The number of imidazole rings is 1. The van der Waals surface area contributed by atoms with E-state index in [1.54, 1.807) is 0 Å². The average Bonchev–Trinajstić information content (AvgIpc) is 2.82. The predicted octanol–water partition coefficient (Wildman–Crippen LogP) is 0.279. The molecule has 3 heterocycles. The van der Waals surface area contributed by atoms with Crippen LogP contribution in [0.4, 0.5) is 5.82 Å². The Bertz CT molecular complexity index is 531. The van der Waals surface area contributed by atoms with Crippen molar-refractivity contribution in [2.45, 2.75) is 6.42 Å². The van der Waals surface area contributed by atoms with Crippen LogP contribution in [0, 0.1) is 0 Å². The Morgan fingerprint density at radius 1 is 1.28 bits per heavy atom. The summed E-state index contributed by atoms with van der Waals surface area (Å²) in [6.07, 6.45) is 2.64. The molecule has 96 valence electrons. The minimum Gasteiger partial charge on any atom is -0.396 e. The second-order valence-corrected chi connectivity index (χ2v) is 4.56. The van der Waals surface area contributed by atoms with Crippen molar-refractivity contribution in [2.75, 3.05) is 37.7 Å². The van der Waals surface area contributed by atoms with Crippen molar-refractivity contribution in [3.63, 3.8) is 0 Å². The Hall–Kier alpha value is -1.59. The van der Waals surface area contributed by atoms with E-state index in [9.17, 15) is 0 Å². The van der Waals surface area contributed by atoms with Crippen LogP contribution < -0.4 is 10.2 Å². The van der Waals surface area contributed by atoms with E-state index in [0.29, 0.717) is 6.42 Å². The molecule has 5 nitrogen and oxygen atoms in total. The molecule has 0 amide bonds. The van der Waals surface area contributed by atoms with Gasteiger partial charge in [0.1, 0.15) is 11.5 Å². The molecule has 0 atom stereocenters. The molecule has 0 spiro atoms. The number of pyridine rings is 1. The van der Waals surface area contributed by atoms with E-state index in [0.717, 1.165) is 37.5 Å². The Morgan fingerprint density at radius 2 is 2.11 bits per heavy atom. The van der Waals surface area contributed by atoms with Crippen LogP contribution in [0.2, 0.25) is 0 Å². The van der Waals surface area contributed by atoms with E-state index in [-0.39, 0.29) is 6.61 Å². The van der Waals surface area contributed by atoms with Gasteiger partial charge in [-0.15, -0.1) is 0 Å². The molecule has 0 saturated carbocycles. The van der Waals surface area contributed by atoms with Gasteiger partial charge >= 0.3 is 0 Å². The molecule has 1 saturated heterocycles. The molecule has 1 aliphatic rings. The highest BCUT2D eigenvalue weighted by molar-refractivity contribution is 5.52. The smallest absolute Gasteiger partial charge is 0.138 e. The fourth-order valence-corrected chi connectivity index (χ4v) is 2.43. The van der Waals surface area contributed by atoms with Crippen molar-refractivity contribution in [1.29, 1.82) is 0 Å². The molecule has 0 aromatic carbocycles. The quantitative estimate of drug-likeness (QED) is 0.817. The van der Waals surface area contributed by atoms with E-state index in [1.165, 1.54) is 5.82 Å². The lowest BCUT2D eigenvalue weighted by atomic mass is 10.3. The third kappa shape index (κ3) is 2.07. The van der Waals surface area contributed by atoms with Crippen molar-refractivity contribution < 1.29 is 5.11 Å². The van der Waals surface area contributed by atoms with Crippen molar-refractivity contribution >= 4 is 11.5 Å². The lowest BCUT2D eigenvalue weighted by Crippen LogP contribution is -2.44. The number of aliphatic hydroxyl groups is 1. The fourth-order valence-electron chi connectivity index (χ4n) is 2.43. The largest absolute Gasteiger partial charge is 0.396 e. The first-order valence-electron chi connectivity index (χ1n) is 6.42. The third-order valence-electron chi connectivity index (χ3n) is 3.33. The van der Waals surface area contributed by atoms with Crippen LogP contribution in [-0.2, 0) is 6.42 Å². The number of hydrogen-bond acceptors (Lipinski definition) is 4. The first kappa shape index (κ1) is 11.5. The maximum absolute atomic E-state index is 8.99. The van der Waals surface area contributed by atoms with E-state index >= 15 is 0 Å². The van der Waals surface area contributed by atoms with Crippen LogP contribution in [0.5, 0.6) is 0 Å². The van der Waals surface area contributed by atoms with Crippen molar-refractivity contribution in [2.24, 2.45) is 0 Å². The number of nitrogens with one attached hydrogen (secondary N) is 1. The summed E-state index contributed by atoms with van der Waals surface area (Å²) in [5.41, 5.74) is 1.90. The Morgan fingerprint density at radius 3 is 2.89 bits per heavy atom. The Balaban J connectivity index is 1.99. The first-order valence-corrected chi connectivity index (χ1v) is 6.42. The van der Waals surface area contributed by atoms with Gasteiger partial charge in [0.2, 0.25) is 0 Å². The van der Waals surface area contributed by atoms with Gasteiger partial charge in [-0.2, -0.15) is 0 Å². The molecule has 18 heavy (non-hydrogen) atoms. The van der Waals surface area contributed by atoms with Gasteiger partial charge in [0.05, 0.1) is 5.69 Å². The van der Waals surface area contributed by atoms with E-state index in [4.69, 9.17) is 5.11 Å². The molecule has 1 fully saturated rings. The van der Waals surface area contributed by atoms with Crippen LogP contribution in [0.1, 0.15) is 5.69 Å². The normalized spacial score (nSPS) is 16.4. The molecule has 5 heteroatoms. The lowest BCUT2D eigenvalue weighted by Gasteiger charge is -2.29. The second kappa shape index (κ2) is 4.96. The summed E-state index contributed by atoms with van der Waals surface area (Å²) in [4.78, 5) is 6.89. The highest BCUT2D eigenvalue weighted by Crippen LogP contribution is 2.18. The van der Waals surface area contributed by atoms with Gasteiger partial charge in [-0.05, 0) is 12.1 Å². The number of piperazine rings is 1. The Kier molecular flexibility index (Phi) is 3.17. The van der Waals surface area contributed by atoms with Gasteiger partial charge in [-0.3, -0.25) is 4.40 Å². The summed E-state index contributed by atoms with van der Waals surface area (Å²) in [5, 5.41) is 12.4. The summed E-state index contributed by atoms with van der Waals surface area (Å²) in [6, 6.07) is 6.18. The zero-order valence-electron chi connectivity index (χ0n) is 10.3. The Labute approximate surface area is 106 Å². The zero-order chi connectivity index (χ0) is 12.4. The number of rotatable bonds is 3. The van der Waals surface area contributed by atoms with Gasteiger partial charge in [-0.1, -0.05) is 6.07 Å². The molecule has 0 aliphatic carbocycles. The van der Waals surface area contributed by atoms with E-state index in [1.807, 2.05) is 18.3 Å². The SMILES string of the molecule is OCCc1cn2c(N3CCNCC3)cccc2n1. The van der Waals surface area contributed by atoms with E-state index in [2.05, 4.69) is 25.7 Å². The first-order chi connectivity index (χ1) is 8.88. The van der Waals surface area contributed by atoms with Crippen molar-refractivity contribution in [3.05, 3.63) is 30.1 Å². The molecular formula is C13H18N4O. The molecule has 2 aromatic heterocycles. The average molecular weight is 246 g/mol. The molecule has 2 N–H and O–H groups in total. The van der Waals surface area contributed by atoms with Crippen LogP contribution in [-0.4, -0.2) is 47.3 Å². The topological polar surface area (TPSA) is 52.8 Å². The van der Waals surface area contributed by atoms with Gasteiger partial charge in [0, 0.05) is 45.4 Å². The summed E-state index contributed by atoms with van der Waals surface area (Å²) >= 11 is 0. The molecular weight excluding hydrogens is 228 g/mol. The maximum Gasteiger partial charge on any atom is 0.138 e. The van der Waals surface area contributed by atoms with Crippen molar-refractivity contribution in [3.8, 4) is 0 Å². The van der Waals surface area contributed by atoms with Crippen LogP contribution in [0.3, 0.4) is 0 Å². The molecule has 0 radical (unpaired) electrons. The fraction of sp³-hybridized carbons (Fsp3) is 0.462. The standard InChI is InChI=1S/C13H18N4O/c18-9-4-11-10-17-12(15-11)2-1-3-13(17)16-7-5-14-6-8-16/h1-3,10,14,18H,4-9H2. The van der Waals surface area contributed by atoms with Gasteiger partial charge < -0.3 is 15.3 Å². The van der Waals surface area contributed by atoms with E-state index < -0.39 is 0 Å². The van der Waals surface area contributed by atoms with Crippen molar-refractivity contribution in [1.82, 2.24) is 14.7 Å². The predicted molar refractivity (Wildman–Crippen MR) is 71.1 cm³/mol. The molecule has 2 aromatic rings. The van der Waals surface area contributed by atoms with Gasteiger partial charge in [0.15, 0.2) is 0 Å². The highest BCUT2D eigenvalue weighted by Gasteiger charge is 2.14. The minimum atomic E-state index is 0.146.